The first-order valence-electron chi connectivity index (χ1n) is 8.29. The fourth-order valence-corrected chi connectivity index (χ4v) is 3.12. The van der Waals surface area contributed by atoms with Crippen molar-refractivity contribution in [3.63, 3.8) is 0 Å². The number of ketones is 1. The van der Waals surface area contributed by atoms with E-state index in [1.165, 1.54) is 6.92 Å². The highest BCUT2D eigenvalue weighted by atomic mass is 16.7. The second-order valence-electron chi connectivity index (χ2n) is 6.58. The number of aliphatic hydroxyl groups is 7. The van der Waals surface area contributed by atoms with Crippen LogP contribution in [0.2, 0.25) is 0 Å². The maximum atomic E-state index is 11.2. The lowest BCUT2D eigenvalue weighted by molar-refractivity contribution is -0.341. The Balaban J connectivity index is 2.12. The fourth-order valence-electron chi connectivity index (χ4n) is 3.12. The molecule has 11 heteroatoms. The van der Waals surface area contributed by atoms with Crippen LogP contribution in [-0.4, -0.2) is 116 Å². The van der Waals surface area contributed by atoms with Crippen LogP contribution in [0.3, 0.4) is 0 Å². The van der Waals surface area contributed by atoms with Gasteiger partial charge in [-0.05, 0) is 6.92 Å². The van der Waals surface area contributed by atoms with Crippen LogP contribution in [0.5, 0.6) is 0 Å². The van der Waals surface area contributed by atoms with E-state index >= 15 is 0 Å². The maximum Gasteiger partial charge on any atom is 0.187 e. The number of aliphatic hydroxyl groups excluding tert-OH is 7. The van der Waals surface area contributed by atoms with Gasteiger partial charge in [0.2, 0.25) is 0 Å². The van der Waals surface area contributed by atoms with Gasteiger partial charge in [-0.2, -0.15) is 0 Å². The van der Waals surface area contributed by atoms with Gasteiger partial charge in [0.15, 0.2) is 6.29 Å². The second kappa shape index (κ2) is 8.97. The number of rotatable bonds is 6. The molecule has 0 aliphatic carbocycles. The summed E-state index contributed by atoms with van der Waals surface area (Å²) in [7, 11) is 0. The van der Waals surface area contributed by atoms with Gasteiger partial charge in [-0.15, -0.1) is 0 Å². The van der Waals surface area contributed by atoms with Crippen molar-refractivity contribution in [1.82, 2.24) is 0 Å². The lowest BCUT2D eigenvalue weighted by Gasteiger charge is -2.46. The molecule has 0 aromatic carbocycles. The van der Waals surface area contributed by atoms with Crippen molar-refractivity contribution in [3.05, 3.63) is 0 Å². The first-order valence-corrected chi connectivity index (χ1v) is 8.29. The molecule has 0 amide bonds. The molecule has 2 rings (SSSR count). The smallest absolute Gasteiger partial charge is 0.187 e. The molecular weight excluding hydrogens is 356 g/mol. The molecule has 2 aliphatic rings. The van der Waals surface area contributed by atoms with E-state index in [4.69, 9.17) is 14.2 Å². The van der Waals surface area contributed by atoms with E-state index in [0.29, 0.717) is 0 Å². The van der Waals surface area contributed by atoms with Gasteiger partial charge in [0.25, 0.3) is 0 Å². The van der Waals surface area contributed by atoms with Gasteiger partial charge in [0.1, 0.15) is 54.6 Å². The SMILES string of the molecule is CC(=O)C[C@@H]1OC(CO)[C@@H](O[C@H]2OC(CO)[C@@H](O)[C@H](O)C2O)[C@H](O)C1O. The van der Waals surface area contributed by atoms with Crippen LogP contribution in [0.25, 0.3) is 0 Å². The molecule has 0 saturated carbocycles. The molecule has 2 fully saturated rings. The largest absolute Gasteiger partial charge is 0.394 e. The molecule has 0 aromatic heterocycles. The third-order valence-electron chi connectivity index (χ3n) is 4.59. The standard InChI is InChI=1S/C15H26O11/c1-5(18)2-6-9(19)12(22)14(8(4-17)24-6)26-15-13(23)11(21)10(20)7(3-16)25-15/h6-17,19-23H,2-4H2,1H3/t6-,7?,8?,9?,10+,11-,12+,13?,14+,15+/m0/s1. The number of hydrogen-bond donors (Lipinski definition) is 7. The van der Waals surface area contributed by atoms with Crippen LogP contribution in [0.15, 0.2) is 0 Å². The Bertz CT molecular complexity index is 471. The zero-order valence-electron chi connectivity index (χ0n) is 14.2. The van der Waals surface area contributed by atoms with Crippen molar-refractivity contribution in [3.8, 4) is 0 Å². The number of Topliss-reactive ketones (excluding diaryl/α,β-unsaturated/α-hetero) is 1. The summed E-state index contributed by atoms with van der Waals surface area (Å²) in [5, 5.41) is 68.6. The molecular formula is C15H26O11. The van der Waals surface area contributed by atoms with Crippen molar-refractivity contribution >= 4 is 5.78 Å². The number of hydrogen-bond acceptors (Lipinski definition) is 11. The van der Waals surface area contributed by atoms with Crippen LogP contribution in [0.4, 0.5) is 0 Å². The Morgan fingerprint density at radius 1 is 0.808 bits per heavy atom. The van der Waals surface area contributed by atoms with Crippen LogP contribution >= 0.6 is 0 Å². The molecule has 2 heterocycles. The molecule has 4 unspecified atom stereocenters. The van der Waals surface area contributed by atoms with E-state index in [1.54, 1.807) is 0 Å². The highest BCUT2D eigenvalue weighted by Gasteiger charge is 2.50. The lowest BCUT2D eigenvalue weighted by atomic mass is 9.92. The second-order valence-corrected chi connectivity index (χ2v) is 6.58. The normalized spacial score (nSPS) is 46.9. The predicted octanol–water partition coefficient (Wildman–Crippen LogP) is -4.37. The molecule has 2 saturated heterocycles. The van der Waals surface area contributed by atoms with Crippen molar-refractivity contribution in [2.45, 2.75) is 74.6 Å². The number of ether oxygens (including phenoxy) is 3. The molecule has 0 spiro atoms. The van der Waals surface area contributed by atoms with Crippen molar-refractivity contribution < 1.29 is 54.8 Å². The van der Waals surface area contributed by atoms with Gasteiger partial charge in [0.05, 0.1) is 19.3 Å². The molecule has 2 aliphatic heterocycles. The minimum Gasteiger partial charge on any atom is -0.394 e. The first kappa shape index (κ1) is 21.6. The van der Waals surface area contributed by atoms with Gasteiger partial charge >= 0.3 is 0 Å². The summed E-state index contributed by atoms with van der Waals surface area (Å²) >= 11 is 0. The average Bonchev–Trinajstić information content (AvgIpc) is 2.60. The summed E-state index contributed by atoms with van der Waals surface area (Å²) in [6.45, 7) is -0.00546. The lowest BCUT2D eigenvalue weighted by Crippen LogP contribution is -2.64. The Morgan fingerprint density at radius 2 is 1.38 bits per heavy atom. The highest BCUT2D eigenvalue weighted by Crippen LogP contribution is 2.30. The zero-order valence-corrected chi connectivity index (χ0v) is 14.2. The van der Waals surface area contributed by atoms with Crippen LogP contribution < -0.4 is 0 Å². The van der Waals surface area contributed by atoms with E-state index in [-0.39, 0.29) is 12.2 Å². The number of carbonyl (C=O) groups excluding carboxylic acids is 1. The fraction of sp³-hybridized carbons (Fsp3) is 0.933. The summed E-state index contributed by atoms with van der Waals surface area (Å²) in [6, 6.07) is 0. The first-order chi connectivity index (χ1) is 12.2. The third kappa shape index (κ3) is 4.39. The van der Waals surface area contributed by atoms with Gasteiger partial charge in [-0.3, -0.25) is 4.79 Å². The zero-order chi connectivity index (χ0) is 19.6. The van der Waals surface area contributed by atoms with Gasteiger partial charge in [-0.25, -0.2) is 0 Å². The maximum absolute atomic E-state index is 11.2. The van der Waals surface area contributed by atoms with Gasteiger partial charge in [-0.1, -0.05) is 0 Å². The predicted molar refractivity (Wildman–Crippen MR) is 81.7 cm³/mol. The van der Waals surface area contributed by atoms with Gasteiger partial charge < -0.3 is 50.0 Å². The van der Waals surface area contributed by atoms with E-state index in [2.05, 4.69) is 0 Å². The van der Waals surface area contributed by atoms with E-state index in [9.17, 15) is 40.5 Å². The van der Waals surface area contributed by atoms with Gasteiger partial charge in [0, 0.05) is 6.42 Å². The Kier molecular flexibility index (Phi) is 7.44. The summed E-state index contributed by atoms with van der Waals surface area (Å²) < 4.78 is 16.0. The molecule has 0 radical (unpaired) electrons. The Labute approximate surface area is 149 Å². The van der Waals surface area contributed by atoms with Crippen LogP contribution in [0.1, 0.15) is 13.3 Å². The van der Waals surface area contributed by atoms with Crippen molar-refractivity contribution in [1.29, 1.82) is 0 Å². The number of carbonyl (C=O) groups is 1. The molecule has 152 valence electrons. The Hall–Kier alpha value is -0.730. The molecule has 0 bridgehead atoms. The average molecular weight is 382 g/mol. The third-order valence-corrected chi connectivity index (χ3v) is 4.59. The van der Waals surface area contributed by atoms with E-state index in [1.807, 2.05) is 0 Å². The summed E-state index contributed by atoms with van der Waals surface area (Å²) in [6.07, 6.45) is -14.6. The Morgan fingerprint density at radius 3 is 1.92 bits per heavy atom. The molecule has 0 aromatic rings. The van der Waals surface area contributed by atoms with E-state index in [0.717, 1.165) is 0 Å². The summed E-state index contributed by atoms with van der Waals surface area (Å²) in [5.74, 6) is -0.286. The quantitative estimate of drug-likeness (QED) is 0.235. The van der Waals surface area contributed by atoms with Crippen molar-refractivity contribution in [2.75, 3.05) is 13.2 Å². The molecule has 26 heavy (non-hydrogen) atoms. The highest BCUT2D eigenvalue weighted by molar-refractivity contribution is 5.76. The molecule has 7 N–H and O–H groups in total. The van der Waals surface area contributed by atoms with Crippen LogP contribution in [0, 0.1) is 0 Å². The van der Waals surface area contributed by atoms with Crippen molar-refractivity contribution in [2.24, 2.45) is 0 Å². The molecule has 11 nitrogen and oxygen atoms in total. The monoisotopic (exact) mass is 382 g/mol. The van der Waals surface area contributed by atoms with E-state index < -0.39 is 74.4 Å². The summed E-state index contributed by atoms with van der Waals surface area (Å²) in [4.78, 5) is 11.2. The molecule has 10 atom stereocenters. The van der Waals surface area contributed by atoms with Crippen LogP contribution in [-0.2, 0) is 19.0 Å². The minimum absolute atomic E-state index is 0.179. The topological polar surface area (TPSA) is 186 Å². The minimum atomic E-state index is -1.72. The summed E-state index contributed by atoms with van der Waals surface area (Å²) in [5.41, 5.74) is 0.